The van der Waals surface area contributed by atoms with Crippen molar-refractivity contribution in [2.75, 3.05) is 0 Å². The fourth-order valence-corrected chi connectivity index (χ4v) is 0.772. The molecule has 2 heteroatoms. The van der Waals surface area contributed by atoms with Crippen molar-refractivity contribution in [2.24, 2.45) is 11.5 Å². The van der Waals surface area contributed by atoms with Crippen LogP contribution in [0.1, 0.15) is 20.8 Å². The van der Waals surface area contributed by atoms with Gasteiger partial charge in [0.25, 0.3) is 0 Å². The molecule has 0 fully saturated rings. The molecule has 2 nitrogen and oxygen atoms in total. The lowest BCUT2D eigenvalue weighted by Crippen LogP contribution is -2.05. The molecule has 0 aromatic carbocycles. The van der Waals surface area contributed by atoms with Gasteiger partial charge in [-0.25, -0.2) is 0 Å². The van der Waals surface area contributed by atoms with Crippen molar-refractivity contribution < 1.29 is 0 Å². The number of rotatable bonds is 3. The normalized spacial score (nSPS) is 14.5. The van der Waals surface area contributed by atoms with Gasteiger partial charge in [0.05, 0.1) is 5.70 Å². The van der Waals surface area contributed by atoms with E-state index in [2.05, 4.69) is 6.58 Å². The second-order valence-corrected chi connectivity index (χ2v) is 2.99. The molecule has 13 heavy (non-hydrogen) atoms. The van der Waals surface area contributed by atoms with Crippen LogP contribution >= 0.6 is 0 Å². The van der Waals surface area contributed by atoms with Crippen molar-refractivity contribution in [2.45, 2.75) is 20.8 Å². The van der Waals surface area contributed by atoms with Gasteiger partial charge in [-0.05, 0) is 38.0 Å². The highest BCUT2D eigenvalue weighted by atomic mass is 14.7. The van der Waals surface area contributed by atoms with Crippen LogP contribution in [0.3, 0.4) is 0 Å². The maximum atomic E-state index is 5.66. The zero-order valence-electron chi connectivity index (χ0n) is 8.59. The predicted octanol–water partition coefficient (Wildman–Crippen LogP) is 2.21. The Bertz CT molecular complexity index is 276. The summed E-state index contributed by atoms with van der Waals surface area (Å²) < 4.78 is 0. The molecular formula is C11H18N2. The molecule has 0 rings (SSSR count). The van der Waals surface area contributed by atoms with Crippen LogP contribution in [0.4, 0.5) is 0 Å². The molecule has 0 aliphatic heterocycles. The van der Waals surface area contributed by atoms with Crippen molar-refractivity contribution in [3.05, 3.63) is 47.3 Å². The van der Waals surface area contributed by atoms with Crippen LogP contribution in [-0.2, 0) is 0 Å². The minimum Gasteiger partial charge on any atom is -0.401 e. The first-order valence-corrected chi connectivity index (χ1v) is 4.21. The topological polar surface area (TPSA) is 52.0 Å². The third-order valence-electron chi connectivity index (χ3n) is 1.70. The van der Waals surface area contributed by atoms with Crippen LogP contribution < -0.4 is 11.5 Å². The van der Waals surface area contributed by atoms with Gasteiger partial charge in [-0.15, -0.1) is 0 Å². The first-order valence-electron chi connectivity index (χ1n) is 4.21. The fourth-order valence-electron chi connectivity index (χ4n) is 0.772. The maximum Gasteiger partial charge on any atom is 0.0504 e. The Morgan fingerprint density at radius 2 is 1.77 bits per heavy atom. The quantitative estimate of drug-likeness (QED) is 0.651. The average Bonchev–Trinajstić information content (AvgIpc) is 2.04. The Morgan fingerprint density at radius 3 is 2.15 bits per heavy atom. The highest BCUT2D eigenvalue weighted by Crippen LogP contribution is 2.10. The molecule has 0 aliphatic carbocycles. The second-order valence-electron chi connectivity index (χ2n) is 2.99. The third kappa shape index (κ3) is 4.21. The van der Waals surface area contributed by atoms with E-state index in [1.165, 1.54) is 0 Å². The fraction of sp³-hybridized carbons (Fsp3) is 0.273. The summed E-state index contributed by atoms with van der Waals surface area (Å²) >= 11 is 0. The van der Waals surface area contributed by atoms with Crippen molar-refractivity contribution in [1.29, 1.82) is 0 Å². The molecule has 72 valence electrons. The summed E-state index contributed by atoms with van der Waals surface area (Å²) in [5.41, 5.74) is 14.4. The standard InChI is InChI=1S/C11H18N2/c1-5-6-8(2)9(3)7-11(13)10(4)12/h5-7H,2,12-13H2,1,3-4H3/b6-5-,9-7+,11-10-. The average molecular weight is 178 g/mol. The minimum absolute atomic E-state index is 0.600. The first kappa shape index (κ1) is 11.6. The van der Waals surface area contributed by atoms with E-state index >= 15 is 0 Å². The van der Waals surface area contributed by atoms with Gasteiger partial charge >= 0.3 is 0 Å². The van der Waals surface area contributed by atoms with E-state index in [4.69, 9.17) is 11.5 Å². The molecule has 0 radical (unpaired) electrons. The lowest BCUT2D eigenvalue weighted by atomic mass is 10.1. The summed E-state index contributed by atoms with van der Waals surface area (Å²) in [5, 5.41) is 0. The van der Waals surface area contributed by atoms with Gasteiger partial charge in [-0.2, -0.15) is 0 Å². The first-order chi connectivity index (χ1) is 5.99. The van der Waals surface area contributed by atoms with Crippen LogP contribution in [0, 0.1) is 0 Å². The Balaban J connectivity index is 4.70. The van der Waals surface area contributed by atoms with Crippen molar-refractivity contribution >= 4 is 0 Å². The Labute approximate surface area is 80.3 Å². The van der Waals surface area contributed by atoms with E-state index in [1.54, 1.807) is 6.92 Å². The Kier molecular flexibility index (Phi) is 4.67. The zero-order valence-corrected chi connectivity index (χ0v) is 8.59. The van der Waals surface area contributed by atoms with Crippen LogP contribution in [0.15, 0.2) is 47.3 Å². The maximum absolute atomic E-state index is 5.66. The number of hydrogen-bond donors (Lipinski definition) is 2. The largest absolute Gasteiger partial charge is 0.401 e. The van der Waals surface area contributed by atoms with E-state index in [9.17, 15) is 0 Å². The molecule has 0 heterocycles. The molecule has 0 saturated carbocycles. The smallest absolute Gasteiger partial charge is 0.0504 e. The Hall–Kier alpha value is -1.44. The summed E-state index contributed by atoms with van der Waals surface area (Å²) in [4.78, 5) is 0. The lowest BCUT2D eigenvalue weighted by molar-refractivity contribution is 1.20. The summed E-state index contributed by atoms with van der Waals surface area (Å²) in [5.74, 6) is 0. The molecule has 0 bridgehead atoms. The Morgan fingerprint density at radius 1 is 1.23 bits per heavy atom. The van der Waals surface area contributed by atoms with Gasteiger partial charge in [0, 0.05) is 5.70 Å². The SMILES string of the molecule is C=C(/C=C\C)/C(C)=C/C(N)=C(\C)N. The molecule has 4 N–H and O–H groups in total. The summed E-state index contributed by atoms with van der Waals surface area (Å²) in [6, 6.07) is 0. The van der Waals surface area contributed by atoms with Crippen molar-refractivity contribution in [3.8, 4) is 0 Å². The van der Waals surface area contributed by atoms with Crippen LogP contribution in [0.5, 0.6) is 0 Å². The summed E-state index contributed by atoms with van der Waals surface area (Å²) in [6.07, 6.45) is 5.71. The van der Waals surface area contributed by atoms with Crippen LogP contribution in [0.2, 0.25) is 0 Å². The predicted molar refractivity (Wildman–Crippen MR) is 58.8 cm³/mol. The molecule has 0 aromatic heterocycles. The highest BCUT2D eigenvalue weighted by molar-refractivity contribution is 5.40. The van der Waals surface area contributed by atoms with Crippen LogP contribution in [0.25, 0.3) is 0 Å². The van der Waals surface area contributed by atoms with Crippen LogP contribution in [-0.4, -0.2) is 0 Å². The van der Waals surface area contributed by atoms with E-state index in [0.29, 0.717) is 11.4 Å². The highest BCUT2D eigenvalue weighted by Gasteiger charge is 1.94. The number of nitrogens with two attached hydrogens (primary N) is 2. The van der Waals surface area contributed by atoms with Gasteiger partial charge in [0.2, 0.25) is 0 Å². The van der Waals surface area contributed by atoms with Gasteiger partial charge in [0.15, 0.2) is 0 Å². The van der Waals surface area contributed by atoms with E-state index in [1.807, 2.05) is 32.1 Å². The van der Waals surface area contributed by atoms with Crippen molar-refractivity contribution in [1.82, 2.24) is 0 Å². The van der Waals surface area contributed by atoms with E-state index in [0.717, 1.165) is 11.1 Å². The lowest BCUT2D eigenvalue weighted by Gasteiger charge is -2.02. The third-order valence-corrected chi connectivity index (χ3v) is 1.70. The zero-order chi connectivity index (χ0) is 10.4. The van der Waals surface area contributed by atoms with Gasteiger partial charge in [0.1, 0.15) is 0 Å². The summed E-state index contributed by atoms with van der Waals surface area (Å²) in [6.45, 7) is 9.56. The number of allylic oxidation sites excluding steroid dienone is 6. The van der Waals surface area contributed by atoms with Gasteiger partial charge < -0.3 is 11.5 Å². The molecule has 0 saturated heterocycles. The van der Waals surface area contributed by atoms with Gasteiger partial charge in [-0.1, -0.05) is 18.7 Å². The number of hydrogen-bond acceptors (Lipinski definition) is 2. The van der Waals surface area contributed by atoms with Crippen molar-refractivity contribution in [3.63, 3.8) is 0 Å². The van der Waals surface area contributed by atoms with E-state index in [-0.39, 0.29) is 0 Å². The molecule has 0 atom stereocenters. The molecule has 0 aliphatic rings. The summed E-state index contributed by atoms with van der Waals surface area (Å²) in [7, 11) is 0. The molecule has 0 unspecified atom stereocenters. The molecule has 0 aromatic rings. The monoisotopic (exact) mass is 178 g/mol. The molecule has 0 spiro atoms. The van der Waals surface area contributed by atoms with Gasteiger partial charge in [-0.3, -0.25) is 0 Å². The second kappa shape index (κ2) is 5.25. The molecule has 0 amide bonds. The molecular weight excluding hydrogens is 160 g/mol. The van der Waals surface area contributed by atoms with E-state index < -0.39 is 0 Å². The minimum atomic E-state index is 0.600.